The molecule has 0 rings (SSSR count). The minimum Gasteiger partial charge on any atom is -0.481 e. The van der Waals surface area contributed by atoms with Crippen molar-refractivity contribution in [2.24, 2.45) is 11.7 Å². The first-order valence-electron chi connectivity index (χ1n) is 5.99. The zero-order valence-corrected chi connectivity index (χ0v) is 11.1. The molecular weight excluding hydrogens is 220 g/mol. The molecular formula is C12H24N2O3. The van der Waals surface area contributed by atoms with Crippen LogP contribution >= 0.6 is 0 Å². The van der Waals surface area contributed by atoms with Gasteiger partial charge < -0.3 is 16.2 Å². The molecule has 0 aliphatic heterocycles. The average Bonchev–Trinajstić information content (AvgIpc) is 2.23. The fourth-order valence-corrected chi connectivity index (χ4v) is 1.41. The van der Waals surface area contributed by atoms with Crippen LogP contribution in [0.2, 0.25) is 0 Å². The molecule has 0 spiro atoms. The SMILES string of the molecule is CC[C@H](C)[C@H](N)C(=O)NC(C)(C)CCC(=O)O. The second-order valence-electron chi connectivity index (χ2n) is 5.18. The molecule has 0 heterocycles. The van der Waals surface area contributed by atoms with Crippen LogP contribution in [0.25, 0.3) is 0 Å². The molecule has 0 aromatic carbocycles. The van der Waals surface area contributed by atoms with E-state index in [9.17, 15) is 9.59 Å². The summed E-state index contributed by atoms with van der Waals surface area (Å²) in [5, 5.41) is 11.4. The van der Waals surface area contributed by atoms with Gasteiger partial charge in [0, 0.05) is 12.0 Å². The molecule has 1 amide bonds. The van der Waals surface area contributed by atoms with Crippen molar-refractivity contribution in [1.29, 1.82) is 0 Å². The molecule has 5 heteroatoms. The lowest BCUT2D eigenvalue weighted by atomic mass is 9.95. The fraction of sp³-hybridized carbons (Fsp3) is 0.833. The van der Waals surface area contributed by atoms with E-state index in [1.165, 1.54) is 0 Å². The zero-order valence-electron chi connectivity index (χ0n) is 11.1. The topological polar surface area (TPSA) is 92.4 Å². The Morgan fingerprint density at radius 2 is 1.94 bits per heavy atom. The van der Waals surface area contributed by atoms with Gasteiger partial charge in [-0.05, 0) is 26.2 Å². The Balaban J connectivity index is 4.30. The standard InChI is InChI=1S/C12H24N2O3/c1-5-8(2)10(13)11(17)14-12(3,4)7-6-9(15)16/h8,10H,5-7,13H2,1-4H3,(H,14,17)(H,15,16)/t8-,10-/m0/s1. The van der Waals surface area contributed by atoms with Gasteiger partial charge in [0.1, 0.15) is 0 Å². The van der Waals surface area contributed by atoms with Gasteiger partial charge in [-0.2, -0.15) is 0 Å². The zero-order chi connectivity index (χ0) is 13.6. The second-order valence-corrected chi connectivity index (χ2v) is 5.18. The summed E-state index contributed by atoms with van der Waals surface area (Å²) in [5.74, 6) is -0.960. The summed E-state index contributed by atoms with van der Waals surface area (Å²) in [5.41, 5.74) is 5.26. The molecule has 0 saturated heterocycles. The van der Waals surface area contributed by atoms with Gasteiger partial charge in [-0.15, -0.1) is 0 Å². The normalized spacial score (nSPS) is 15.1. The van der Waals surface area contributed by atoms with Crippen molar-refractivity contribution in [3.8, 4) is 0 Å². The smallest absolute Gasteiger partial charge is 0.303 e. The summed E-state index contributed by atoms with van der Waals surface area (Å²) < 4.78 is 0. The van der Waals surface area contributed by atoms with Crippen LogP contribution in [0.1, 0.15) is 47.0 Å². The molecule has 0 aromatic heterocycles. The number of aliphatic carboxylic acids is 1. The predicted molar refractivity (Wildman–Crippen MR) is 66.5 cm³/mol. The minimum absolute atomic E-state index is 0.0336. The molecule has 5 nitrogen and oxygen atoms in total. The van der Waals surface area contributed by atoms with E-state index in [1.54, 1.807) is 13.8 Å². The number of nitrogens with two attached hydrogens (primary N) is 1. The summed E-state index contributed by atoms with van der Waals surface area (Å²) in [6.45, 7) is 7.51. The molecule has 0 radical (unpaired) electrons. The van der Waals surface area contributed by atoms with E-state index in [4.69, 9.17) is 10.8 Å². The Hall–Kier alpha value is -1.10. The predicted octanol–water partition coefficient (Wildman–Crippen LogP) is 1.12. The molecule has 0 aliphatic carbocycles. The Morgan fingerprint density at radius 1 is 1.41 bits per heavy atom. The third kappa shape index (κ3) is 6.26. The number of carboxylic acids is 1. The first kappa shape index (κ1) is 15.9. The second kappa shape index (κ2) is 6.59. The monoisotopic (exact) mass is 244 g/mol. The van der Waals surface area contributed by atoms with E-state index in [0.29, 0.717) is 6.42 Å². The highest BCUT2D eigenvalue weighted by molar-refractivity contribution is 5.82. The Kier molecular flexibility index (Phi) is 6.16. The molecule has 4 N–H and O–H groups in total. The van der Waals surface area contributed by atoms with E-state index in [1.807, 2.05) is 13.8 Å². The van der Waals surface area contributed by atoms with Crippen LogP contribution in [0.4, 0.5) is 0 Å². The molecule has 2 atom stereocenters. The number of rotatable bonds is 7. The molecule has 0 unspecified atom stereocenters. The lowest BCUT2D eigenvalue weighted by Crippen LogP contribution is -2.52. The van der Waals surface area contributed by atoms with Crippen LogP contribution in [-0.4, -0.2) is 28.6 Å². The number of amides is 1. The van der Waals surface area contributed by atoms with Gasteiger partial charge in [0.15, 0.2) is 0 Å². The van der Waals surface area contributed by atoms with Crippen LogP contribution < -0.4 is 11.1 Å². The van der Waals surface area contributed by atoms with Crippen molar-refractivity contribution in [3.05, 3.63) is 0 Å². The Bertz CT molecular complexity index is 277. The van der Waals surface area contributed by atoms with E-state index in [2.05, 4.69) is 5.32 Å². The highest BCUT2D eigenvalue weighted by Gasteiger charge is 2.26. The van der Waals surface area contributed by atoms with Gasteiger partial charge in [-0.1, -0.05) is 20.3 Å². The quantitative estimate of drug-likeness (QED) is 0.625. The van der Waals surface area contributed by atoms with Crippen molar-refractivity contribution in [3.63, 3.8) is 0 Å². The van der Waals surface area contributed by atoms with E-state index < -0.39 is 17.6 Å². The van der Waals surface area contributed by atoms with Crippen LogP contribution in [0.5, 0.6) is 0 Å². The molecule has 0 bridgehead atoms. The van der Waals surface area contributed by atoms with Crippen LogP contribution in [0.3, 0.4) is 0 Å². The number of nitrogens with one attached hydrogen (secondary N) is 1. The number of carbonyl (C=O) groups excluding carboxylic acids is 1. The van der Waals surface area contributed by atoms with Crippen LogP contribution in [0.15, 0.2) is 0 Å². The highest BCUT2D eigenvalue weighted by Crippen LogP contribution is 2.13. The maximum Gasteiger partial charge on any atom is 0.303 e. The fourth-order valence-electron chi connectivity index (χ4n) is 1.41. The molecule has 0 aliphatic rings. The van der Waals surface area contributed by atoms with Gasteiger partial charge in [-0.3, -0.25) is 9.59 Å². The highest BCUT2D eigenvalue weighted by atomic mass is 16.4. The van der Waals surface area contributed by atoms with Crippen molar-refractivity contribution in [2.75, 3.05) is 0 Å². The van der Waals surface area contributed by atoms with E-state index in [-0.39, 0.29) is 18.2 Å². The van der Waals surface area contributed by atoms with Gasteiger partial charge >= 0.3 is 5.97 Å². The minimum atomic E-state index is -0.862. The lowest BCUT2D eigenvalue weighted by molar-refractivity contribution is -0.138. The van der Waals surface area contributed by atoms with E-state index in [0.717, 1.165) is 6.42 Å². The van der Waals surface area contributed by atoms with Gasteiger partial charge in [0.25, 0.3) is 0 Å². The molecule has 0 aromatic rings. The molecule has 0 saturated carbocycles. The van der Waals surface area contributed by atoms with E-state index >= 15 is 0 Å². The van der Waals surface area contributed by atoms with Crippen LogP contribution in [0, 0.1) is 5.92 Å². The number of hydrogen-bond donors (Lipinski definition) is 3. The summed E-state index contributed by atoms with van der Waals surface area (Å²) in [7, 11) is 0. The maximum absolute atomic E-state index is 11.8. The number of carbonyl (C=O) groups is 2. The summed E-state index contributed by atoms with van der Waals surface area (Å²) in [6.07, 6.45) is 1.26. The van der Waals surface area contributed by atoms with Crippen LogP contribution in [-0.2, 0) is 9.59 Å². The summed E-state index contributed by atoms with van der Waals surface area (Å²) in [6, 6.07) is -0.538. The van der Waals surface area contributed by atoms with Crippen molar-refractivity contribution in [2.45, 2.75) is 58.5 Å². The van der Waals surface area contributed by atoms with Crippen molar-refractivity contribution >= 4 is 11.9 Å². The summed E-state index contributed by atoms with van der Waals surface area (Å²) >= 11 is 0. The molecule has 0 fully saturated rings. The molecule has 17 heavy (non-hydrogen) atoms. The third-order valence-electron chi connectivity index (χ3n) is 2.99. The van der Waals surface area contributed by atoms with Crippen molar-refractivity contribution < 1.29 is 14.7 Å². The Labute approximate surface area is 103 Å². The first-order chi connectivity index (χ1) is 7.69. The van der Waals surface area contributed by atoms with Gasteiger partial charge in [-0.25, -0.2) is 0 Å². The first-order valence-corrected chi connectivity index (χ1v) is 5.99. The van der Waals surface area contributed by atoms with Gasteiger partial charge in [0.05, 0.1) is 6.04 Å². The average molecular weight is 244 g/mol. The molecule has 100 valence electrons. The lowest BCUT2D eigenvalue weighted by Gasteiger charge is -2.28. The maximum atomic E-state index is 11.8. The van der Waals surface area contributed by atoms with Crippen molar-refractivity contribution in [1.82, 2.24) is 5.32 Å². The Morgan fingerprint density at radius 3 is 2.35 bits per heavy atom. The largest absolute Gasteiger partial charge is 0.481 e. The summed E-state index contributed by atoms with van der Waals surface area (Å²) in [4.78, 5) is 22.3. The third-order valence-corrected chi connectivity index (χ3v) is 2.99. The number of carboxylic acid groups (broad SMARTS) is 1. The van der Waals surface area contributed by atoms with Gasteiger partial charge in [0.2, 0.25) is 5.91 Å². The number of hydrogen-bond acceptors (Lipinski definition) is 3.